The fourth-order valence-electron chi connectivity index (χ4n) is 2.51. The summed E-state index contributed by atoms with van der Waals surface area (Å²) in [7, 11) is -0.435. The van der Waals surface area contributed by atoms with Crippen LogP contribution in [0.3, 0.4) is 0 Å². The van der Waals surface area contributed by atoms with Crippen LogP contribution in [0.5, 0.6) is 0 Å². The van der Waals surface area contributed by atoms with Gasteiger partial charge in [0.1, 0.15) is 0 Å². The van der Waals surface area contributed by atoms with E-state index in [0.717, 1.165) is 16.7 Å². The van der Waals surface area contributed by atoms with Crippen molar-refractivity contribution in [3.05, 3.63) is 42.6 Å². The predicted octanol–water partition coefficient (Wildman–Crippen LogP) is 2.63. The number of nitrogens with two attached hydrogens (primary N) is 1. The number of aromatic nitrogens is 1. The molecule has 0 spiro atoms. The molecule has 0 saturated carbocycles. The van der Waals surface area contributed by atoms with Crippen molar-refractivity contribution in [1.82, 2.24) is 4.98 Å². The first-order chi connectivity index (χ1) is 10.3. The first kappa shape index (κ1) is 15.1. The Labute approximate surface area is 131 Å². The largest absolute Gasteiger partial charge is 0.497 e. The molecule has 1 aromatic carbocycles. The van der Waals surface area contributed by atoms with Crippen molar-refractivity contribution in [3.8, 4) is 11.3 Å². The minimum atomic E-state index is -0.435. The number of rotatable bonds is 2. The van der Waals surface area contributed by atoms with Gasteiger partial charge in [0.2, 0.25) is 0 Å². The topological polar surface area (TPSA) is 57.4 Å². The molecule has 0 unspecified atom stereocenters. The summed E-state index contributed by atoms with van der Waals surface area (Å²) in [6, 6.07) is 11.6. The normalized spacial score (nSPS) is 19.4. The third kappa shape index (κ3) is 2.51. The van der Waals surface area contributed by atoms with E-state index in [9.17, 15) is 0 Å². The molecule has 2 N–H and O–H groups in total. The maximum Gasteiger partial charge on any atom is 0.497 e. The standard InChI is InChI=1S/C17H21BN2O2/c1-16(2)17(3,4)22-18(21-16)14-9-6-10-20-15(14)12-7-5-8-13(19)11-12/h5-11H,19H2,1-4H3. The molecule has 0 radical (unpaired) electrons. The Bertz CT molecular complexity index is 685. The summed E-state index contributed by atoms with van der Waals surface area (Å²) >= 11 is 0. The molecule has 1 aromatic heterocycles. The molecule has 0 bridgehead atoms. The second kappa shape index (κ2) is 5.11. The molecule has 0 atom stereocenters. The first-order valence-electron chi connectivity index (χ1n) is 7.47. The summed E-state index contributed by atoms with van der Waals surface area (Å²) in [5.41, 5.74) is 8.58. The number of hydrogen-bond donors (Lipinski definition) is 1. The Morgan fingerprint density at radius 3 is 2.32 bits per heavy atom. The summed E-state index contributed by atoms with van der Waals surface area (Å²) in [6.45, 7) is 8.18. The minimum Gasteiger partial charge on any atom is -0.399 e. The number of nitrogens with zero attached hydrogens (tertiary/aromatic N) is 1. The van der Waals surface area contributed by atoms with Gasteiger partial charge < -0.3 is 15.0 Å². The van der Waals surface area contributed by atoms with Crippen LogP contribution in [0.15, 0.2) is 42.6 Å². The summed E-state index contributed by atoms with van der Waals surface area (Å²) < 4.78 is 12.3. The van der Waals surface area contributed by atoms with Gasteiger partial charge >= 0.3 is 7.12 Å². The molecule has 1 aliphatic heterocycles. The Morgan fingerprint density at radius 1 is 1.00 bits per heavy atom. The van der Waals surface area contributed by atoms with Crippen LogP contribution in [0.4, 0.5) is 5.69 Å². The second-order valence-corrected chi connectivity index (χ2v) is 6.65. The molecule has 0 aliphatic carbocycles. The van der Waals surface area contributed by atoms with Crippen LogP contribution in [-0.2, 0) is 9.31 Å². The summed E-state index contributed by atoms with van der Waals surface area (Å²) in [4.78, 5) is 4.51. The average molecular weight is 296 g/mol. The van der Waals surface area contributed by atoms with E-state index in [2.05, 4.69) is 4.98 Å². The molecular weight excluding hydrogens is 275 g/mol. The van der Waals surface area contributed by atoms with E-state index in [1.54, 1.807) is 6.20 Å². The molecule has 2 aromatic rings. The molecule has 1 fully saturated rings. The number of nitrogen functional groups attached to an aromatic ring is 1. The van der Waals surface area contributed by atoms with Crippen molar-refractivity contribution < 1.29 is 9.31 Å². The van der Waals surface area contributed by atoms with E-state index in [0.29, 0.717) is 5.69 Å². The van der Waals surface area contributed by atoms with Gasteiger partial charge in [0.15, 0.2) is 0 Å². The highest BCUT2D eigenvalue weighted by molar-refractivity contribution is 6.63. The lowest BCUT2D eigenvalue weighted by atomic mass is 9.76. The molecule has 114 valence electrons. The van der Waals surface area contributed by atoms with E-state index in [-0.39, 0.29) is 11.2 Å². The number of pyridine rings is 1. The van der Waals surface area contributed by atoms with E-state index in [4.69, 9.17) is 15.0 Å². The van der Waals surface area contributed by atoms with Crippen molar-refractivity contribution >= 4 is 18.3 Å². The minimum absolute atomic E-state index is 0.375. The Hall–Kier alpha value is -1.85. The Kier molecular flexibility index (Phi) is 3.50. The summed E-state index contributed by atoms with van der Waals surface area (Å²) in [6.07, 6.45) is 1.77. The van der Waals surface area contributed by atoms with Crippen LogP contribution < -0.4 is 11.2 Å². The zero-order valence-corrected chi connectivity index (χ0v) is 13.5. The van der Waals surface area contributed by atoms with Crippen molar-refractivity contribution in [2.45, 2.75) is 38.9 Å². The van der Waals surface area contributed by atoms with Gasteiger partial charge in [-0.3, -0.25) is 4.98 Å². The zero-order valence-electron chi connectivity index (χ0n) is 13.5. The fourth-order valence-corrected chi connectivity index (χ4v) is 2.51. The Balaban J connectivity index is 2.04. The van der Waals surface area contributed by atoms with Gasteiger partial charge in [0, 0.05) is 22.9 Å². The molecule has 0 amide bonds. The third-order valence-electron chi connectivity index (χ3n) is 4.51. The van der Waals surface area contributed by atoms with Crippen molar-refractivity contribution in [2.24, 2.45) is 0 Å². The van der Waals surface area contributed by atoms with Crippen molar-refractivity contribution in [1.29, 1.82) is 0 Å². The fraction of sp³-hybridized carbons (Fsp3) is 0.353. The first-order valence-corrected chi connectivity index (χ1v) is 7.47. The third-order valence-corrected chi connectivity index (χ3v) is 4.51. The maximum atomic E-state index is 6.15. The highest BCUT2D eigenvalue weighted by Crippen LogP contribution is 2.37. The van der Waals surface area contributed by atoms with E-state index >= 15 is 0 Å². The second-order valence-electron chi connectivity index (χ2n) is 6.65. The van der Waals surface area contributed by atoms with Gasteiger partial charge in [-0.05, 0) is 45.9 Å². The van der Waals surface area contributed by atoms with Crippen LogP contribution in [0.1, 0.15) is 27.7 Å². The smallest absolute Gasteiger partial charge is 0.399 e. The van der Waals surface area contributed by atoms with Crippen molar-refractivity contribution in [3.63, 3.8) is 0 Å². The molecular formula is C17H21BN2O2. The zero-order chi connectivity index (χ0) is 16.0. The van der Waals surface area contributed by atoms with Crippen LogP contribution in [-0.4, -0.2) is 23.3 Å². The van der Waals surface area contributed by atoms with Crippen LogP contribution >= 0.6 is 0 Å². The van der Waals surface area contributed by atoms with Crippen molar-refractivity contribution in [2.75, 3.05) is 5.73 Å². The number of hydrogen-bond acceptors (Lipinski definition) is 4. The number of benzene rings is 1. The molecule has 4 nitrogen and oxygen atoms in total. The lowest BCUT2D eigenvalue weighted by Crippen LogP contribution is -2.41. The molecule has 2 heterocycles. The molecule has 1 aliphatic rings. The van der Waals surface area contributed by atoms with Gasteiger partial charge in [0.05, 0.1) is 16.9 Å². The van der Waals surface area contributed by atoms with E-state index in [1.165, 1.54) is 0 Å². The maximum absolute atomic E-state index is 6.15. The molecule has 1 saturated heterocycles. The van der Waals surface area contributed by atoms with Gasteiger partial charge in [-0.2, -0.15) is 0 Å². The summed E-state index contributed by atoms with van der Waals surface area (Å²) in [5.74, 6) is 0. The highest BCUT2D eigenvalue weighted by Gasteiger charge is 2.52. The average Bonchev–Trinajstić information content (AvgIpc) is 2.67. The predicted molar refractivity (Wildman–Crippen MR) is 89.8 cm³/mol. The molecule has 3 rings (SSSR count). The van der Waals surface area contributed by atoms with Gasteiger partial charge in [-0.15, -0.1) is 0 Å². The SMILES string of the molecule is CC1(C)OB(c2cccnc2-c2cccc(N)c2)OC1(C)C. The van der Waals surface area contributed by atoms with E-state index in [1.807, 2.05) is 64.1 Å². The lowest BCUT2D eigenvalue weighted by Gasteiger charge is -2.32. The molecule has 5 heteroatoms. The van der Waals surface area contributed by atoms with Crippen LogP contribution in [0.2, 0.25) is 0 Å². The number of anilines is 1. The van der Waals surface area contributed by atoms with Crippen LogP contribution in [0.25, 0.3) is 11.3 Å². The summed E-state index contributed by atoms with van der Waals surface area (Å²) in [5, 5.41) is 0. The lowest BCUT2D eigenvalue weighted by molar-refractivity contribution is 0.00578. The monoisotopic (exact) mass is 296 g/mol. The van der Waals surface area contributed by atoms with Gasteiger partial charge in [0.25, 0.3) is 0 Å². The van der Waals surface area contributed by atoms with Gasteiger partial charge in [-0.1, -0.05) is 18.2 Å². The molecule has 22 heavy (non-hydrogen) atoms. The van der Waals surface area contributed by atoms with E-state index < -0.39 is 7.12 Å². The Morgan fingerprint density at radius 2 is 1.68 bits per heavy atom. The van der Waals surface area contributed by atoms with Gasteiger partial charge in [-0.25, -0.2) is 0 Å². The quantitative estimate of drug-likeness (QED) is 0.683. The highest BCUT2D eigenvalue weighted by atomic mass is 16.7. The van der Waals surface area contributed by atoms with Crippen LogP contribution in [0, 0.1) is 0 Å².